The summed E-state index contributed by atoms with van der Waals surface area (Å²) in [6.07, 6.45) is 2.54. The molecule has 33 heavy (non-hydrogen) atoms. The largest absolute Gasteiger partial charge is 0.355 e. The number of carbonyl (C=O) groups excluding carboxylic acids is 1. The molecule has 1 aromatic carbocycles. The van der Waals surface area contributed by atoms with E-state index in [2.05, 4.69) is 15.3 Å². The highest BCUT2D eigenvalue weighted by Gasteiger charge is 2.56. The molecule has 1 aliphatic carbocycles. The molecule has 0 bridgehead atoms. The highest BCUT2D eigenvalue weighted by atomic mass is 19.1. The number of hydrogen-bond acceptors (Lipinski definition) is 5. The van der Waals surface area contributed by atoms with E-state index >= 15 is 0 Å². The third kappa shape index (κ3) is 3.88. The summed E-state index contributed by atoms with van der Waals surface area (Å²) >= 11 is 0. The number of likely N-dealkylation sites (tertiary alicyclic amines) is 1. The van der Waals surface area contributed by atoms with Gasteiger partial charge in [-0.05, 0) is 48.4 Å². The van der Waals surface area contributed by atoms with E-state index < -0.39 is 5.82 Å². The van der Waals surface area contributed by atoms with Gasteiger partial charge in [0, 0.05) is 50.1 Å². The van der Waals surface area contributed by atoms with Gasteiger partial charge in [0.2, 0.25) is 5.95 Å². The Morgan fingerprint density at radius 2 is 1.91 bits per heavy atom. The van der Waals surface area contributed by atoms with Crippen molar-refractivity contribution in [2.45, 2.75) is 6.92 Å². The molecule has 5 rings (SSSR count). The molecule has 3 aromatic rings. The fourth-order valence-electron chi connectivity index (χ4n) is 4.65. The van der Waals surface area contributed by atoms with Gasteiger partial charge in [-0.25, -0.2) is 13.8 Å². The summed E-state index contributed by atoms with van der Waals surface area (Å²) in [6, 6.07) is 7.36. The molecule has 0 spiro atoms. The molecule has 1 saturated heterocycles. The Hall–Kier alpha value is -3.62. The lowest BCUT2D eigenvalue weighted by molar-refractivity contribution is 0.0768. The molecule has 9 heteroatoms. The molecule has 7 nitrogen and oxygen atoms in total. The Kier molecular flexibility index (Phi) is 5.19. The minimum atomic E-state index is -0.542. The lowest BCUT2D eigenvalue weighted by Gasteiger charge is -2.20. The number of piperidine rings is 1. The van der Waals surface area contributed by atoms with Crippen LogP contribution >= 0.6 is 0 Å². The van der Waals surface area contributed by atoms with Crippen LogP contribution in [0.3, 0.4) is 0 Å². The van der Waals surface area contributed by atoms with Crippen LogP contribution in [0.4, 0.5) is 14.7 Å². The molecule has 1 N–H and O–H groups in total. The second-order valence-corrected chi connectivity index (χ2v) is 8.76. The van der Waals surface area contributed by atoms with Gasteiger partial charge in [-0.1, -0.05) is 6.07 Å². The SMILES string of the molecule is Cc1ccc(C(=O)N2CC3C(CNc4nc(-c5ccncc5F)cc(=O)n4C)C3C2)cc1F. The molecule has 2 aromatic heterocycles. The number of benzene rings is 1. The number of nitrogens with one attached hydrogen (secondary N) is 1. The monoisotopic (exact) mass is 451 g/mol. The van der Waals surface area contributed by atoms with Crippen molar-refractivity contribution >= 4 is 11.9 Å². The lowest BCUT2D eigenvalue weighted by atomic mass is 10.1. The minimum Gasteiger partial charge on any atom is -0.355 e. The number of aromatic nitrogens is 3. The van der Waals surface area contributed by atoms with Crippen LogP contribution in [0, 0.1) is 36.3 Å². The van der Waals surface area contributed by atoms with Gasteiger partial charge >= 0.3 is 0 Å². The number of anilines is 1. The number of halogens is 2. The van der Waals surface area contributed by atoms with E-state index in [-0.39, 0.29) is 28.5 Å². The topological polar surface area (TPSA) is 80.1 Å². The summed E-state index contributed by atoms with van der Waals surface area (Å²) < 4.78 is 29.3. The lowest BCUT2D eigenvalue weighted by Crippen LogP contribution is -2.32. The van der Waals surface area contributed by atoms with E-state index in [1.807, 2.05) is 0 Å². The number of rotatable bonds is 5. The first-order valence-electron chi connectivity index (χ1n) is 10.8. The molecule has 1 saturated carbocycles. The standard InChI is InChI=1S/C24H23F2N5O2/c1-13-3-4-14(7-19(13)25)23(33)31-11-17-16(18(17)12-31)9-28-24-29-21(8-22(32)30(24)2)15-5-6-27-10-20(15)26/h3-8,10,16-18H,9,11-12H2,1-2H3,(H,28,29). The highest BCUT2D eigenvalue weighted by molar-refractivity contribution is 5.94. The van der Waals surface area contributed by atoms with E-state index in [0.29, 0.717) is 54.5 Å². The highest BCUT2D eigenvalue weighted by Crippen LogP contribution is 2.51. The maximum Gasteiger partial charge on any atom is 0.255 e. The predicted molar refractivity (Wildman–Crippen MR) is 119 cm³/mol. The fourth-order valence-corrected chi connectivity index (χ4v) is 4.65. The van der Waals surface area contributed by atoms with Crippen molar-refractivity contribution in [3.05, 3.63) is 75.8 Å². The van der Waals surface area contributed by atoms with Crippen LogP contribution in [0.1, 0.15) is 15.9 Å². The molecule has 2 unspecified atom stereocenters. The van der Waals surface area contributed by atoms with Gasteiger partial charge in [-0.15, -0.1) is 0 Å². The maximum atomic E-state index is 14.1. The maximum absolute atomic E-state index is 14.1. The summed E-state index contributed by atoms with van der Waals surface area (Å²) in [6.45, 7) is 3.51. The van der Waals surface area contributed by atoms with E-state index in [1.54, 1.807) is 31.0 Å². The zero-order chi connectivity index (χ0) is 23.3. The summed E-state index contributed by atoms with van der Waals surface area (Å²) in [5.74, 6) is 0.357. The van der Waals surface area contributed by atoms with Crippen LogP contribution in [0.2, 0.25) is 0 Å². The third-order valence-electron chi connectivity index (χ3n) is 6.76. The quantitative estimate of drug-likeness (QED) is 0.645. The summed E-state index contributed by atoms with van der Waals surface area (Å²) in [5, 5.41) is 3.22. The van der Waals surface area contributed by atoms with Gasteiger partial charge in [0.15, 0.2) is 5.82 Å². The van der Waals surface area contributed by atoms with Gasteiger partial charge < -0.3 is 10.2 Å². The minimum absolute atomic E-state index is 0.149. The van der Waals surface area contributed by atoms with Crippen molar-refractivity contribution in [1.82, 2.24) is 19.4 Å². The van der Waals surface area contributed by atoms with Gasteiger partial charge in [-0.3, -0.25) is 19.1 Å². The zero-order valence-corrected chi connectivity index (χ0v) is 18.3. The second kappa shape index (κ2) is 8.06. The van der Waals surface area contributed by atoms with Crippen molar-refractivity contribution < 1.29 is 13.6 Å². The smallest absolute Gasteiger partial charge is 0.255 e. The summed E-state index contributed by atoms with van der Waals surface area (Å²) in [4.78, 5) is 35.0. The van der Waals surface area contributed by atoms with Crippen molar-refractivity contribution in [3.63, 3.8) is 0 Å². The molecular formula is C24H23F2N5O2. The average Bonchev–Trinajstić information content (AvgIpc) is 3.24. The number of nitrogens with zero attached hydrogens (tertiary/aromatic N) is 4. The molecule has 170 valence electrons. The molecule has 2 atom stereocenters. The Morgan fingerprint density at radius 1 is 1.15 bits per heavy atom. The first kappa shape index (κ1) is 21.2. The van der Waals surface area contributed by atoms with Crippen molar-refractivity contribution in [1.29, 1.82) is 0 Å². The first-order valence-corrected chi connectivity index (χ1v) is 10.8. The van der Waals surface area contributed by atoms with Gasteiger partial charge in [0.25, 0.3) is 11.5 Å². The molecule has 2 fully saturated rings. The Bertz CT molecular complexity index is 1300. The van der Waals surface area contributed by atoms with E-state index in [0.717, 1.165) is 6.20 Å². The molecule has 3 heterocycles. The fraction of sp³-hybridized carbons (Fsp3) is 0.333. The van der Waals surface area contributed by atoms with Crippen LogP contribution in [0.5, 0.6) is 0 Å². The van der Waals surface area contributed by atoms with Crippen molar-refractivity contribution in [3.8, 4) is 11.3 Å². The molecule has 2 aliphatic rings. The number of hydrogen-bond donors (Lipinski definition) is 1. The zero-order valence-electron chi connectivity index (χ0n) is 18.3. The number of pyridine rings is 1. The van der Waals surface area contributed by atoms with Crippen LogP contribution in [0.25, 0.3) is 11.3 Å². The van der Waals surface area contributed by atoms with Crippen molar-refractivity contribution in [2.75, 3.05) is 25.0 Å². The van der Waals surface area contributed by atoms with Gasteiger partial charge in [0.1, 0.15) is 5.82 Å². The molecule has 0 radical (unpaired) electrons. The normalized spacial score (nSPS) is 21.1. The van der Waals surface area contributed by atoms with Crippen LogP contribution in [0.15, 0.2) is 47.5 Å². The summed E-state index contributed by atoms with van der Waals surface area (Å²) in [7, 11) is 1.61. The van der Waals surface area contributed by atoms with Crippen LogP contribution < -0.4 is 10.9 Å². The third-order valence-corrected chi connectivity index (χ3v) is 6.76. The molecular weight excluding hydrogens is 428 g/mol. The van der Waals surface area contributed by atoms with Gasteiger partial charge in [0.05, 0.1) is 11.9 Å². The molecule has 1 amide bonds. The predicted octanol–water partition coefficient (Wildman–Crippen LogP) is 2.86. The van der Waals surface area contributed by atoms with E-state index in [1.165, 1.54) is 29.0 Å². The summed E-state index contributed by atoms with van der Waals surface area (Å²) in [5.41, 5.74) is 1.06. The van der Waals surface area contributed by atoms with Crippen LogP contribution in [-0.4, -0.2) is 45.0 Å². The average molecular weight is 451 g/mol. The van der Waals surface area contributed by atoms with Crippen molar-refractivity contribution in [2.24, 2.45) is 24.8 Å². The van der Waals surface area contributed by atoms with Gasteiger partial charge in [-0.2, -0.15) is 0 Å². The number of amides is 1. The van der Waals surface area contributed by atoms with Crippen LogP contribution in [-0.2, 0) is 7.05 Å². The number of aryl methyl sites for hydroxylation is 1. The first-order chi connectivity index (χ1) is 15.8. The molecule has 1 aliphatic heterocycles. The Balaban J connectivity index is 1.23. The Labute approximate surface area is 189 Å². The second-order valence-electron chi connectivity index (χ2n) is 8.76. The Morgan fingerprint density at radius 3 is 2.61 bits per heavy atom. The van der Waals surface area contributed by atoms with E-state index in [4.69, 9.17) is 0 Å². The number of fused-ring (bicyclic) bond motifs is 1. The van der Waals surface area contributed by atoms with E-state index in [9.17, 15) is 18.4 Å². The number of carbonyl (C=O) groups is 1.